The maximum atomic E-state index is 5.90. The van der Waals surface area contributed by atoms with Crippen molar-refractivity contribution >= 4 is 0 Å². The highest BCUT2D eigenvalue weighted by atomic mass is 16.5. The van der Waals surface area contributed by atoms with Crippen LogP contribution in [0, 0.1) is 5.41 Å². The van der Waals surface area contributed by atoms with Crippen molar-refractivity contribution in [3.63, 3.8) is 0 Å². The van der Waals surface area contributed by atoms with Crippen LogP contribution in [-0.4, -0.2) is 49.8 Å². The van der Waals surface area contributed by atoms with E-state index in [0.29, 0.717) is 17.6 Å². The van der Waals surface area contributed by atoms with Gasteiger partial charge in [-0.15, -0.1) is 0 Å². The fraction of sp³-hybridized carbons (Fsp3) is 1.00. The molecule has 2 rings (SSSR count). The quantitative estimate of drug-likeness (QED) is 0.658. The van der Waals surface area contributed by atoms with Crippen LogP contribution >= 0.6 is 0 Å². The smallest absolute Gasteiger partial charge is 0.0661 e. The van der Waals surface area contributed by atoms with Gasteiger partial charge in [-0.25, -0.2) is 0 Å². The number of nitrogens with one attached hydrogen (secondary N) is 1. The molecule has 0 heterocycles. The SMILES string of the molecule is CCOC1CC(NCCCCN(C)C(C)C)C12CCC2. The first-order chi connectivity index (χ1) is 9.60. The summed E-state index contributed by atoms with van der Waals surface area (Å²) in [4.78, 5) is 2.43. The largest absolute Gasteiger partial charge is 0.378 e. The number of hydrogen-bond acceptors (Lipinski definition) is 3. The lowest BCUT2D eigenvalue weighted by Gasteiger charge is -2.61. The van der Waals surface area contributed by atoms with Gasteiger partial charge in [0, 0.05) is 24.1 Å². The Labute approximate surface area is 125 Å². The zero-order chi connectivity index (χ0) is 14.6. The number of nitrogens with zero attached hydrogens (tertiary/aromatic N) is 1. The molecule has 1 N–H and O–H groups in total. The first-order valence-electron chi connectivity index (χ1n) is 8.65. The van der Waals surface area contributed by atoms with Crippen LogP contribution in [0.3, 0.4) is 0 Å². The van der Waals surface area contributed by atoms with Gasteiger partial charge >= 0.3 is 0 Å². The minimum atomic E-state index is 0.519. The minimum Gasteiger partial charge on any atom is -0.378 e. The summed E-state index contributed by atoms with van der Waals surface area (Å²) in [6.07, 6.45) is 8.54. The van der Waals surface area contributed by atoms with Crippen molar-refractivity contribution < 1.29 is 4.74 Å². The van der Waals surface area contributed by atoms with Crippen molar-refractivity contribution in [1.82, 2.24) is 10.2 Å². The van der Waals surface area contributed by atoms with Crippen LogP contribution < -0.4 is 5.32 Å². The van der Waals surface area contributed by atoms with Gasteiger partial charge in [0.2, 0.25) is 0 Å². The van der Waals surface area contributed by atoms with Gasteiger partial charge in [-0.1, -0.05) is 6.42 Å². The van der Waals surface area contributed by atoms with Crippen molar-refractivity contribution in [2.45, 2.75) is 77.5 Å². The fourth-order valence-electron chi connectivity index (χ4n) is 3.75. The van der Waals surface area contributed by atoms with Gasteiger partial charge in [0.25, 0.3) is 0 Å². The third-order valence-corrected chi connectivity index (χ3v) is 5.65. The molecular formula is C17H34N2O. The molecule has 3 nitrogen and oxygen atoms in total. The summed E-state index contributed by atoms with van der Waals surface area (Å²) < 4.78 is 5.90. The standard InChI is InChI=1S/C17H34N2O/c1-5-20-16-13-15(17(16)9-8-10-17)18-11-6-7-12-19(4)14(2)3/h14-16,18H,5-13H2,1-4H3. The van der Waals surface area contributed by atoms with Crippen molar-refractivity contribution in [3.05, 3.63) is 0 Å². The van der Waals surface area contributed by atoms with Crippen molar-refractivity contribution in [3.8, 4) is 0 Å². The van der Waals surface area contributed by atoms with Crippen LogP contribution in [0.1, 0.15) is 59.3 Å². The molecule has 3 heteroatoms. The number of rotatable bonds is 9. The van der Waals surface area contributed by atoms with Crippen molar-refractivity contribution in [1.29, 1.82) is 0 Å². The van der Waals surface area contributed by atoms with Gasteiger partial charge in [0.15, 0.2) is 0 Å². The topological polar surface area (TPSA) is 24.5 Å². The molecule has 2 aliphatic carbocycles. The second-order valence-electron chi connectivity index (χ2n) is 7.05. The van der Waals surface area contributed by atoms with E-state index >= 15 is 0 Å². The van der Waals surface area contributed by atoms with Crippen LogP contribution in [0.25, 0.3) is 0 Å². The molecule has 0 bridgehead atoms. The predicted molar refractivity (Wildman–Crippen MR) is 85.1 cm³/mol. The Kier molecular flexibility index (Phi) is 5.88. The summed E-state index contributed by atoms with van der Waals surface area (Å²) in [6, 6.07) is 1.40. The Morgan fingerprint density at radius 3 is 2.60 bits per heavy atom. The van der Waals surface area contributed by atoms with Crippen LogP contribution in [0.5, 0.6) is 0 Å². The summed E-state index contributed by atoms with van der Waals surface area (Å²) in [5, 5.41) is 3.80. The number of ether oxygens (including phenoxy) is 1. The molecular weight excluding hydrogens is 248 g/mol. The van der Waals surface area contributed by atoms with E-state index in [2.05, 4.69) is 38.0 Å². The first kappa shape index (κ1) is 16.3. The monoisotopic (exact) mass is 282 g/mol. The maximum Gasteiger partial charge on any atom is 0.0661 e. The van der Waals surface area contributed by atoms with E-state index in [9.17, 15) is 0 Å². The normalized spacial score (nSPS) is 27.9. The van der Waals surface area contributed by atoms with Gasteiger partial charge in [-0.3, -0.25) is 0 Å². The van der Waals surface area contributed by atoms with Crippen LogP contribution in [0.15, 0.2) is 0 Å². The molecule has 2 saturated carbocycles. The molecule has 2 aliphatic rings. The summed E-state index contributed by atoms with van der Waals surface area (Å²) in [5.41, 5.74) is 0.519. The van der Waals surface area contributed by atoms with Gasteiger partial charge in [0.1, 0.15) is 0 Å². The zero-order valence-electron chi connectivity index (χ0n) is 14.0. The molecule has 118 valence electrons. The summed E-state index contributed by atoms with van der Waals surface area (Å²) in [7, 11) is 2.22. The van der Waals surface area contributed by atoms with Gasteiger partial charge in [-0.05, 0) is 73.0 Å². The van der Waals surface area contributed by atoms with Gasteiger partial charge < -0.3 is 15.0 Å². The third-order valence-electron chi connectivity index (χ3n) is 5.65. The lowest BCUT2D eigenvalue weighted by molar-refractivity contribution is -0.172. The molecule has 0 aromatic heterocycles. The van der Waals surface area contributed by atoms with Crippen LogP contribution in [-0.2, 0) is 4.74 Å². The fourth-order valence-corrected chi connectivity index (χ4v) is 3.75. The second-order valence-corrected chi connectivity index (χ2v) is 7.05. The van der Waals surface area contributed by atoms with E-state index in [4.69, 9.17) is 4.74 Å². The lowest BCUT2D eigenvalue weighted by atomic mass is 9.51. The minimum absolute atomic E-state index is 0.519. The molecule has 20 heavy (non-hydrogen) atoms. The molecule has 2 atom stereocenters. The van der Waals surface area contributed by atoms with E-state index < -0.39 is 0 Å². The Morgan fingerprint density at radius 1 is 1.30 bits per heavy atom. The van der Waals surface area contributed by atoms with Crippen LogP contribution in [0.2, 0.25) is 0 Å². The van der Waals surface area contributed by atoms with E-state index in [1.165, 1.54) is 51.6 Å². The van der Waals surface area contributed by atoms with Crippen LogP contribution in [0.4, 0.5) is 0 Å². The van der Waals surface area contributed by atoms with E-state index in [0.717, 1.165) is 12.6 Å². The molecule has 2 unspecified atom stereocenters. The predicted octanol–water partition coefficient (Wildman–Crippen LogP) is 3.04. The van der Waals surface area contributed by atoms with E-state index in [1.807, 2.05) is 0 Å². The van der Waals surface area contributed by atoms with Gasteiger partial charge in [-0.2, -0.15) is 0 Å². The Hall–Kier alpha value is -0.120. The zero-order valence-corrected chi connectivity index (χ0v) is 14.0. The number of unbranched alkanes of at least 4 members (excludes halogenated alkanes) is 1. The summed E-state index contributed by atoms with van der Waals surface area (Å²) in [6.45, 7) is 9.93. The average Bonchev–Trinajstić information content (AvgIpc) is 2.33. The second kappa shape index (κ2) is 7.24. The Balaban J connectivity index is 1.59. The molecule has 2 fully saturated rings. The van der Waals surface area contributed by atoms with E-state index in [1.54, 1.807) is 0 Å². The molecule has 0 saturated heterocycles. The van der Waals surface area contributed by atoms with Crippen molar-refractivity contribution in [2.24, 2.45) is 5.41 Å². The highest BCUT2D eigenvalue weighted by molar-refractivity contribution is 5.12. The van der Waals surface area contributed by atoms with E-state index in [-0.39, 0.29) is 0 Å². The highest BCUT2D eigenvalue weighted by Crippen LogP contribution is 2.57. The average molecular weight is 282 g/mol. The summed E-state index contributed by atoms with van der Waals surface area (Å²) >= 11 is 0. The van der Waals surface area contributed by atoms with Gasteiger partial charge in [0.05, 0.1) is 6.10 Å². The number of hydrogen-bond donors (Lipinski definition) is 1. The molecule has 0 aromatic carbocycles. The molecule has 0 aliphatic heterocycles. The first-order valence-corrected chi connectivity index (χ1v) is 8.65. The van der Waals surface area contributed by atoms with Crippen molar-refractivity contribution in [2.75, 3.05) is 26.7 Å². The highest BCUT2D eigenvalue weighted by Gasteiger charge is 2.58. The Morgan fingerprint density at radius 2 is 2.05 bits per heavy atom. The Bertz CT molecular complexity index is 289. The lowest BCUT2D eigenvalue weighted by Crippen LogP contribution is -2.66. The molecule has 1 spiro atoms. The molecule has 0 amide bonds. The molecule has 0 aromatic rings. The third kappa shape index (κ3) is 3.37. The maximum absolute atomic E-state index is 5.90. The summed E-state index contributed by atoms with van der Waals surface area (Å²) in [5.74, 6) is 0. The molecule has 0 radical (unpaired) electrons.